The van der Waals surface area contributed by atoms with Gasteiger partial charge in [0.1, 0.15) is 11.5 Å². The lowest BCUT2D eigenvalue weighted by Gasteiger charge is -2.19. The molecule has 0 saturated heterocycles. The summed E-state index contributed by atoms with van der Waals surface area (Å²) in [5.74, 6) is 1.21. The Labute approximate surface area is 95.6 Å². The monoisotopic (exact) mass is 223 g/mol. The molecule has 0 saturated carbocycles. The van der Waals surface area contributed by atoms with Gasteiger partial charge >= 0.3 is 6.09 Å². The van der Waals surface area contributed by atoms with E-state index in [-0.39, 0.29) is 5.54 Å². The summed E-state index contributed by atoms with van der Waals surface area (Å²) in [6, 6.07) is 6.83. The first kappa shape index (κ1) is 12.4. The van der Waals surface area contributed by atoms with E-state index in [2.05, 4.69) is 5.32 Å². The molecule has 4 heteroatoms. The molecule has 0 aliphatic carbocycles. The summed E-state index contributed by atoms with van der Waals surface area (Å²) >= 11 is 0. The topological polar surface area (TPSA) is 47.6 Å². The van der Waals surface area contributed by atoms with E-state index in [9.17, 15) is 4.79 Å². The zero-order valence-corrected chi connectivity index (χ0v) is 10.0. The number of carbonyl (C=O) groups excluding carboxylic acids is 1. The maximum absolute atomic E-state index is 11.4. The Hall–Kier alpha value is -1.71. The van der Waals surface area contributed by atoms with E-state index in [0.29, 0.717) is 5.75 Å². The predicted octanol–water partition coefficient (Wildman–Crippen LogP) is 2.58. The van der Waals surface area contributed by atoms with Crippen LogP contribution in [-0.4, -0.2) is 18.7 Å². The zero-order chi connectivity index (χ0) is 12.2. The summed E-state index contributed by atoms with van der Waals surface area (Å²) in [5, 5.41) is 2.70. The summed E-state index contributed by atoms with van der Waals surface area (Å²) in [6.07, 6.45) is -0.460. The molecule has 0 radical (unpaired) electrons. The fourth-order valence-corrected chi connectivity index (χ4v) is 1.08. The van der Waals surface area contributed by atoms with Gasteiger partial charge < -0.3 is 14.8 Å². The molecule has 16 heavy (non-hydrogen) atoms. The second-order valence-electron chi connectivity index (χ2n) is 4.44. The van der Waals surface area contributed by atoms with E-state index < -0.39 is 6.09 Å². The molecule has 0 spiro atoms. The van der Waals surface area contributed by atoms with E-state index in [4.69, 9.17) is 9.47 Å². The van der Waals surface area contributed by atoms with Gasteiger partial charge in [0.25, 0.3) is 0 Å². The summed E-state index contributed by atoms with van der Waals surface area (Å²) in [4.78, 5) is 11.4. The molecule has 1 N–H and O–H groups in total. The van der Waals surface area contributed by atoms with Crippen LogP contribution in [0.25, 0.3) is 0 Å². The van der Waals surface area contributed by atoms with Crippen molar-refractivity contribution < 1.29 is 14.3 Å². The smallest absolute Gasteiger partial charge is 0.413 e. The largest absolute Gasteiger partial charge is 0.497 e. The van der Waals surface area contributed by atoms with Crippen LogP contribution < -0.4 is 14.8 Å². The highest BCUT2D eigenvalue weighted by atomic mass is 16.6. The lowest BCUT2D eigenvalue weighted by Crippen LogP contribution is -2.42. The van der Waals surface area contributed by atoms with Crippen molar-refractivity contribution in [1.29, 1.82) is 0 Å². The molecular weight excluding hydrogens is 206 g/mol. The van der Waals surface area contributed by atoms with Crippen molar-refractivity contribution in [1.82, 2.24) is 5.32 Å². The maximum Gasteiger partial charge on any atom is 0.413 e. The highest BCUT2D eigenvalue weighted by molar-refractivity contribution is 5.71. The molecule has 1 rings (SSSR count). The first-order valence-corrected chi connectivity index (χ1v) is 5.05. The van der Waals surface area contributed by atoms with Gasteiger partial charge in [-0.3, -0.25) is 0 Å². The number of hydrogen-bond acceptors (Lipinski definition) is 3. The minimum absolute atomic E-state index is 0.302. The first-order valence-electron chi connectivity index (χ1n) is 5.05. The summed E-state index contributed by atoms with van der Waals surface area (Å²) < 4.78 is 10.1. The number of benzene rings is 1. The lowest BCUT2D eigenvalue weighted by molar-refractivity contribution is 0.190. The second kappa shape index (κ2) is 4.88. The molecule has 0 atom stereocenters. The molecule has 1 aromatic rings. The van der Waals surface area contributed by atoms with Crippen molar-refractivity contribution in [2.75, 3.05) is 7.11 Å². The summed E-state index contributed by atoms with van der Waals surface area (Å²) in [7, 11) is 1.59. The standard InChI is InChI=1S/C12H17NO3/c1-12(2,3)13-11(14)16-10-7-5-9(15-4)6-8-10/h5-8H,1-4H3,(H,13,14). The van der Waals surface area contributed by atoms with Gasteiger partial charge in [-0.15, -0.1) is 0 Å². The van der Waals surface area contributed by atoms with Crippen LogP contribution in [0.3, 0.4) is 0 Å². The van der Waals surface area contributed by atoms with Crippen molar-refractivity contribution >= 4 is 6.09 Å². The van der Waals surface area contributed by atoms with Gasteiger partial charge in [-0.2, -0.15) is 0 Å². The van der Waals surface area contributed by atoms with Crippen LogP contribution in [0.4, 0.5) is 4.79 Å². The number of methoxy groups -OCH3 is 1. The molecule has 0 bridgehead atoms. The quantitative estimate of drug-likeness (QED) is 0.838. The number of carbonyl (C=O) groups is 1. The van der Waals surface area contributed by atoms with E-state index in [0.717, 1.165) is 5.75 Å². The van der Waals surface area contributed by atoms with Gasteiger partial charge in [0.15, 0.2) is 0 Å². The molecule has 0 heterocycles. The normalized spacial score (nSPS) is 10.8. The molecule has 0 fully saturated rings. The number of hydrogen-bond donors (Lipinski definition) is 1. The average molecular weight is 223 g/mol. The molecule has 0 aliphatic heterocycles. The van der Waals surface area contributed by atoms with Crippen LogP contribution in [0.2, 0.25) is 0 Å². The van der Waals surface area contributed by atoms with Crippen LogP contribution in [0.5, 0.6) is 11.5 Å². The van der Waals surface area contributed by atoms with Crippen molar-refractivity contribution in [2.45, 2.75) is 26.3 Å². The second-order valence-corrected chi connectivity index (χ2v) is 4.44. The van der Waals surface area contributed by atoms with Gasteiger partial charge in [0, 0.05) is 5.54 Å². The Kier molecular flexibility index (Phi) is 3.77. The van der Waals surface area contributed by atoms with E-state index in [1.165, 1.54) is 0 Å². The fourth-order valence-electron chi connectivity index (χ4n) is 1.08. The van der Waals surface area contributed by atoms with Gasteiger partial charge in [-0.1, -0.05) is 0 Å². The van der Waals surface area contributed by atoms with Crippen LogP contribution >= 0.6 is 0 Å². The fraction of sp³-hybridized carbons (Fsp3) is 0.417. The van der Waals surface area contributed by atoms with Gasteiger partial charge in [0.05, 0.1) is 7.11 Å². The van der Waals surface area contributed by atoms with Crippen LogP contribution in [-0.2, 0) is 0 Å². The van der Waals surface area contributed by atoms with Crippen LogP contribution in [0.1, 0.15) is 20.8 Å². The SMILES string of the molecule is COc1ccc(OC(=O)NC(C)(C)C)cc1. The number of ether oxygens (including phenoxy) is 2. The van der Waals surface area contributed by atoms with E-state index in [1.54, 1.807) is 31.4 Å². The third kappa shape index (κ3) is 4.21. The molecule has 0 aromatic heterocycles. The maximum atomic E-state index is 11.4. The Bertz CT molecular complexity index is 352. The Morgan fingerprint density at radius 3 is 2.06 bits per heavy atom. The van der Waals surface area contributed by atoms with Crippen LogP contribution in [0.15, 0.2) is 24.3 Å². The van der Waals surface area contributed by atoms with Gasteiger partial charge in [-0.05, 0) is 45.0 Å². The van der Waals surface area contributed by atoms with Crippen molar-refractivity contribution in [3.05, 3.63) is 24.3 Å². The van der Waals surface area contributed by atoms with Gasteiger partial charge in [-0.25, -0.2) is 4.79 Å². The summed E-state index contributed by atoms with van der Waals surface area (Å²) in [6.45, 7) is 5.67. The average Bonchev–Trinajstić information content (AvgIpc) is 2.16. The van der Waals surface area contributed by atoms with E-state index in [1.807, 2.05) is 20.8 Å². The Balaban J connectivity index is 2.56. The van der Waals surface area contributed by atoms with Gasteiger partial charge in [0.2, 0.25) is 0 Å². The van der Waals surface area contributed by atoms with E-state index >= 15 is 0 Å². The minimum atomic E-state index is -0.460. The summed E-state index contributed by atoms with van der Waals surface area (Å²) in [5.41, 5.74) is -0.302. The third-order valence-electron chi connectivity index (χ3n) is 1.75. The number of nitrogens with one attached hydrogen (secondary N) is 1. The molecule has 1 aromatic carbocycles. The lowest BCUT2D eigenvalue weighted by atomic mass is 10.1. The molecule has 0 aliphatic rings. The third-order valence-corrected chi connectivity index (χ3v) is 1.75. The predicted molar refractivity (Wildman–Crippen MR) is 61.9 cm³/mol. The molecular formula is C12H17NO3. The molecule has 4 nitrogen and oxygen atoms in total. The van der Waals surface area contributed by atoms with Crippen LogP contribution in [0, 0.1) is 0 Å². The zero-order valence-electron chi connectivity index (χ0n) is 10.0. The van der Waals surface area contributed by atoms with Crippen molar-refractivity contribution in [3.8, 4) is 11.5 Å². The molecule has 1 amide bonds. The van der Waals surface area contributed by atoms with Crippen molar-refractivity contribution in [3.63, 3.8) is 0 Å². The molecule has 88 valence electrons. The Morgan fingerprint density at radius 1 is 1.12 bits per heavy atom. The number of rotatable bonds is 2. The van der Waals surface area contributed by atoms with Crippen molar-refractivity contribution in [2.24, 2.45) is 0 Å². The first-order chi connectivity index (χ1) is 7.40. The number of amides is 1. The Morgan fingerprint density at radius 2 is 1.62 bits per heavy atom. The minimum Gasteiger partial charge on any atom is -0.497 e. The highest BCUT2D eigenvalue weighted by Crippen LogP contribution is 2.17. The molecule has 0 unspecified atom stereocenters. The highest BCUT2D eigenvalue weighted by Gasteiger charge is 2.14.